The van der Waals surface area contributed by atoms with Gasteiger partial charge < -0.3 is 4.57 Å². The Morgan fingerprint density at radius 3 is 2.41 bits per heavy atom. The van der Waals surface area contributed by atoms with Crippen molar-refractivity contribution < 1.29 is 4.79 Å². The van der Waals surface area contributed by atoms with Crippen LogP contribution in [0, 0.1) is 20.8 Å². The Labute approximate surface area is 102 Å². The van der Waals surface area contributed by atoms with Crippen molar-refractivity contribution in [2.24, 2.45) is 0 Å². The smallest absolute Gasteiger partial charge is 0.166 e. The molecule has 0 aliphatic rings. The van der Waals surface area contributed by atoms with Gasteiger partial charge in [0.25, 0.3) is 0 Å². The number of hydrogen-bond donors (Lipinski definition) is 0. The van der Waals surface area contributed by atoms with Crippen LogP contribution in [0.5, 0.6) is 0 Å². The molecule has 2 heteroatoms. The number of benzene rings is 1. The SMILES string of the molecule is Cc1cc(C)c(Cn2cccc2C=O)c(C)c1. The fraction of sp³-hybridized carbons (Fsp3) is 0.267. The van der Waals surface area contributed by atoms with Crippen molar-refractivity contribution >= 4 is 6.29 Å². The Hall–Kier alpha value is -1.83. The van der Waals surface area contributed by atoms with Crippen LogP contribution in [-0.4, -0.2) is 10.9 Å². The summed E-state index contributed by atoms with van der Waals surface area (Å²) in [6.45, 7) is 7.12. The molecular weight excluding hydrogens is 210 g/mol. The van der Waals surface area contributed by atoms with E-state index in [1.807, 2.05) is 22.9 Å². The first kappa shape index (κ1) is 11.6. The molecule has 88 valence electrons. The average Bonchev–Trinajstić information content (AvgIpc) is 2.70. The van der Waals surface area contributed by atoms with Crippen LogP contribution < -0.4 is 0 Å². The maximum absolute atomic E-state index is 10.9. The standard InChI is InChI=1S/C15H17NO/c1-11-7-12(2)15(13(3)8-11)9-16-6-4-5-14(16)10-17/h4-8,10H,9H2,1-3H3. The third-order valence-electron chi connectivity index (χ3n) is 3.15. The first-order valence-electron chi connectivity index (χ1n) is 5.79. The van der Waals surface area contributed by atoms with E-state index >= 15 is 0 Å². The molecule has 0 atom stereocenters. The minimum absolute atomic E-state index is 0.726. The normalized spacial score (nSPS) is 10.5. The summed E-state index contributed by atoms with van der Waals surface area (Å²) in [5.41, 5.74) is 5.88. The van der Waals surface area contributed by atoms with Crippen molar-refractivity contribution in [2.45, 2.75) is 27.3 Å². The quantitative estimate of drug-likeness (QED) is 0.738. The first-order chi connectivity index (χ1) is 8.11. The maximum Gasteiger partial charge on any atom is 0.166 e. The van der Waals surface area contributed by atoms with Gasteiger partial charge in [0.05, 0.1) is 5.69 Å². The molecule has 2 nitrogen and oxygen atoms in total. The molecule has 0 N–H and O–H groups in total. The third kappa shape index (κ3) is 2.31. The summed E-state index contributed by atoms with van der Waals surface area (Å²) in [7, 11) is 0. The average molecular weight is 227 g/mol. The van der Waals surface area contributed by atoms with Gasteiger partial charge >= 0.3 is 0 Å². The monoisotopic (exact) mass is 227 g/mol. The zero-order valence-electron chi connectivity index (χ0n) is 10.5. The summed E-state index contributed by atoms with van der Waals surface area (Å²) >= 11 is 0. The van der Waals surface area contributed by atoms with E-state index in [-0.39, 0.29) is 0 Å². The zero-order chi connectivity index (χ0) is 12.4. The van der Waals surface area contributed by atoms with Gasteiger partial charge in [0.1, 0.15) is 0 Å². The van der Waals surface area contributed by atoms with Gasteiger partial charge in [-0.05, 0) is 49.6 Å². The molecule has 0 saturated carbocycles. The number of carbonyl (C=O) groups is 1. The Morgan fingerprint density at radius 2 is 1.82 bits per heavy atom. The van der Waals surface area contributed by atoms with E-state index in [4.69, 9.17) is 0 Å². The predicted octanol–water partition coefficient (Wildman–Crippen LogP) is 3.27. The highest BCUT2D eigenvalue weighted by Crippen LogP contribution is 2.18. The highest BCUT2D eigenvalue weighted by atomic mass is 16.1. The Balaban J connectivity index is 2.40. The van der Waals surface area contributed by atoms with E-state index in [2.05, 4.69) is 32.9 Å². The molecule has 1 heterocycles. The number of nitrogens with zero attached hydrogens (tertiary/aromatic N) is 1. The third-order valence-corrected chi connectivity index (χ3v) is 3.15. The first-order valence-corrected chi connectivity index (χ1v) is 5.79. The van der Waals surface area contributed by atoms with E-state index in [1.165, 1.54) is 22.3 Å². The predicted molar refractivity (Wildman–Crippen MR) is 69.6 cm³/mol. The highest BCUT2D eigenvalue weighted by Gasteiger charge is 2.06. The largest absolute Gasteiger partial charge is 0.341 e. The number of carbonyl (C=O) groups excluding carboxylic acids is 1. The molecule has 0 saturated heterocycles. The maximum atomic E-state index is 10.9. The summed E-state index contributed by atoms with van der Waals surface area (Å²) < 4.78 is 1.98. The summed E-state index contributed by atoms with van der Waals surface area (Å²) in [5, 5.41) is 0. The van der Waals surface area contributed by atoms with Crippen molar-refractivity contribution in [1.82, 2.24) is 4.57 Å². The summed E-state index contributed by atoms with van der Waals surface area (Å²) in [6.07, 6.45) is 2.85. The van der Waals surface area contributed by atoms with Crippen molar-refractivity contribution in [3.05, 3.63) is 58.4 Å². The minimum atomic E-state index is 0.726. The molecule has 0 aliphatic heterocycles. The van der Waals surface area contributed by atoms with Crippen LogP contribution in [0.3, 0.4) is 0 Å². The number of hydrogen-bond acceptors (Lipinski definition) is 1. The molecule has 0 amide bonds. The van der Waals surface area contributed by atoms with E-state index in [0.717, 1.165) is 18.5 Å². The van der Waals surface area contributed by atoms with Gasteiger partial charge in [-0.15, -0.1) is 0 Å². The van der Waals surface area contributed by atoms with E-state index in [9.17, 15) is 4.79 Å². The van der Waals surface area contributed by atoms with Gasteiger partial charge in [0.2, 0.25) is 0 Å². The van der Waals surface area contributed by atoms with Crippen molar-refractivity contribution in [3.63, 3.8) is 0 Å². The van der Waals surface area contributed by atoms with Gasteiger partial charge in [0.15, 0.2) is 6.29 Å². The van der Waals surface area contributed by atoms with Gasteiger partial charge in [-0.1, -0.05) is 17.7 Å². The van der Waals surface area contributed by atoms with Crippen molar-refractivity contribution in [1.29, 1.82) is 0 Å². The minimum Gasteiger partial charge on any atom is -0.341 e. The van der Waals surface area contributed by atoms with E-state index in [0.29, 0.717) is 0 Å². The molecule has 0 fully saturated rings. The molecule has 0 unspecified atom stereocenters. The van der Waals surface area contributed by atoms with Crippen LogP contribution in [0.4, 0.5) is 0 Å². The summed E-state index contributed by atoms with van der Waals surface area (Å²) in [6, 6.07) is 8.12. The summed E-state index contributed by atoms with van der Waals surface area (Å²) in [5.74, 6) is 0. The number of aromatic nitrogens is 1. The fourth-order valence-electron chi connectivity index (χ4n) is 2.31. The van der Waals surface area contributed by atoms with Crippen LogP contribution in [0.1, 0.15) is 32.7 Å². The number of rotatable bonds is 3. The van der Waals surface area contributed by atoms with Crippen LogP contribution in [-0.2, 0) is 6.54 Å². The molecule has 0 bridgehead atoms. The zero-order valence-corrected chi connectivity index (χ0v) is 10.5. The lowest BCUT2D eigenvalue weighted by Crippen LogP contribution is -2.06. The van der Waals surface area contributed by atoms with Gasteiger partial charge in [-0.2, -0.15) is 0 Å². The molecule has 2 aromatic rings. The number of aldehydes is 1. The molecule has 0 radical (unpaired) electrons. The van der Waals surface area contributed by atoms with Gasteiger partial charge in [-0.3, -0.25) is 4.79 Å². The Bertz CT molecular complexity index is 529. The lowest BCUT2D eigenvalue weighted by Gasteiger charge is -2.13. The Morgan fingerprint density at radius 1 is 1.18 bits per heavy atom. The lowest BCUT2D eigenvalue weighted by molar-refractivity contribution is 0.111. The van der Waals surface area contributed by atoms with Crippen molar-refractivity contribution in [3.8, 4) is 0 Å². The van der Waals surface area contributed by atoms with Gasteiger partial charge in [-0.25, -0.2) is 0 Å². The topological polar surface area (TPSA) is 22.0 Å². The molecule has 1 aromatic carbocycles. The van der Waals surface area contributed by atoms with Crippen LogP contribution >= 0.6 is 0 Å². The fourth-order valence-corrected chi connectivity index (χ4v) is 2.31. The molecule has 1 aromatic heterocycles. The van der Waals surface area contributed by atoms with Crippen LogP contribution in [0.15, 0.2) is 30.5 Å². The van der Waals surface area contributed by atoms with Gasteiger partial charge in [0, 0.05) is 12.7 Å². The lowest BCUT2D eigenvalue weighted by atomic mass is 10.00. The molecule has 0 spiro atoms. The van der Waals surface area contributed by atoms with E-state index in [1.54, 1.807) is 0 Å². The number of aryl methyl sites for hydroxylation is 3. The summed E-state index contributed by atoms with van der Waals surface area (Å²) in [4.78, 5) is 10.9. The second-order valence-corrected chi connectivity index (χ2v) is 4.56. The molecular formula is C15H17NO. The van der Waals surface area contributed by atoms with Crippen LogP contribution in [0.25, 0.3) is 0 Å². The second-order valence-electron chi connectivity index (χ2n) is 4.56. The molecule has 0 aliphatic carbocycles. The molecule has 17 heavy (non-hydrogen) atoms. The van der Waals surface area contributed by atoms with E-state index < -0.39 is 0 Å². The Kier molecular flexibility index (Phi) is 3.14. The second kappa shape index (κ2) is 4.58. The van der Waals surface area contributed by atoms with Crippen LogP contribution in [0.2, 0.25) is 0 Å². The molecule has 2 rings (SSSR count). The van der Waals surface area contributed by atoms with Crippen molar-refractivity contribution in [2.75, 3.05) is 0 Å². The highest BCUT2D eigenvalue weighted by molar-refractivity contribution is 5.72.